The lowest BCUT2D eigenvalue weighted by molar-refractivity contribution is 1.26. The Hall–Kier alpha value is -1.48. The molecule has 0 amide bonds. The van der Waals surface area contributed by atoms with Crippen molar-refractivity contribution in [1.29, 1.82) is 0 Å². The fourth-order valence-electron chi connectivity index (χ4n) is 1.18. The molecule has 3 heteroatoms. The van der Waals surface area contributed by atoms with Crippen molar-refractivity contribution < 1.29 is 0 Å². The molecule has 0 radical (unpaired) electrons. The average Bonchev–Trinajstić information content (AvgIpc) is 2.30. The van der Waals surface area contributed by atoms with E-state index in [1.165, 1.54) is 0 Å². The molecule has 0 unspecified atom stereocenters. The fraction of sp³-hybridized carbons (Fsp3) is 0. The third kappa shape index (κ3) is 1.88. The third-order valence-electron chi connectivity index (χ3n) is 1.87. The summed E-state index contributed by atoms with van der Waals surface area (Å²) in [4.78, 5) is 4.20. The minimum absolute atomic E-state index is 0.821. The number of pyridine rings is 1. The second-order valence-corrected chi connectivity index (χ2v) is 3.24. The standard InChI is InChI=1S/C11H10N2S/c14-13(10-6-2-1-3-7-10)11-8-4-5-9-12-11/h1-9,14H. The number of thiol groups is 1. The fourth-order valence-corrected chi connectivity index (χ4v) is 1.43. The van der Waals surface area contributed by atoms with Gasteiger partial charge in [0.15, 0.2) is 0 Å². The van der Waals surface area contributed by atoms with Crippen LogP contribution in [0.25, 0.3) is 0 Å². The molecule has 0 aliphatic heterocycles. The zero-order valence-corrected chi connectivity index (χ0v) is 8.43. The first-order valence-electron chi connectivity index (χ1n) is 4.33. The van der Waals surface area contributed by atoms with Crippen molar-refractivity contribution in [2.75, 3.05) is 4.31 Å². The van der Waals surface area contributed by atoms with Gasteiger partial charge in [0.05, 0.1) is 5.69 Å². The molecule has 70 valence electrons. The Morgan fingerprint density at radius 3 is 2.29 bits per heavy atom. The summed E-state index contributed by atoms with van der Waals surface area (Å²) in [5.74, 6) is 0.821. The topological polar surface area (TPSA) is 16.1 Å². The number of anilines is 2. The summed E-state index contributed by atoms with van der Waals surface area (Å²) < 4.78 is 1.75. The van der Waals surface area contributed by atoms with Gasteiger partial charge in [0.25, 0.3) is 0 Å². The van der Waals surface area contributed by atoms with Gasteiger partial charge in [0.1, 0.15) is 5.82 Å². The van der Waals surface area contributed by atoms with Crippen molar-refractivity contribution in [2.45, 2.75) is 0 Å². The van der Waals surface area contributed by atoms with Gasteiger partial charge in [-0.25, -0.2) is 4.98 Å². The first-order chi connectivity index (χ1) is 6.88. The summed E-state index contributed by atoms with van der Waals surface area (Å²) >= 11 is 4.38. The molecule has 0 N–H and O–H groups in total. The lowest BCUT2D eigenvalue weighted by Crippen LogP contribution is -2.03. The van der Waals surface area contributed by atoms with E-state index in [1.54, 1.807) is 10.5 Å². The van der Waals surface area contributed by atoms with E-state index in [0.29, 0.717) is 0 Å². The van der Waals surface area contributed by atoms with Crippen LogP contribution in [0.4, 0.5) is 11.5 Å². The second kappa shape index (κ2) is 4.15. The lowest BCUT2D eigenvalue weighted by Gasteiger charge is -2.15. The van der Waals surface area contributed by atoms with Gasteiger partial charge in [-0.15, -0.1) is 0 Å². The molecule has 0 aliphatic carbocycles. The van der Waals surface area contributed by atoms with E-state index < -0.39 is 0 Å². The number of nitrogens with zero attached hydrogens (tertiary/aromatic N) is 2. The first-order valence-corrected chi connectivity index (χ1v) is 4.73. The van der Waals surface area contributed by atoms with Crippen molar-refractivity contribution >= 4 is 24.3 Å². The Bertz CT molecular complexity index is 349. The van der Waals surface area contributed by atoms with Crippen LogP contribution < -0.4 is 4.31 Å². The van der Waals surface area contributed by atoms with E-state index in [2.05, 4.69) is 17.8 Å². The Labute approximate surface area is 88.8 Å². The molecule has 0 atom stereocenters. The zero-order valence-electron chi connectivity index (χ0n) is 7.54. The van der Waals surface area contributed by atoms with Gasteiger partial charge in [0.2, 0.25) is 0 Å². The van der Waals surface area contributed by atoms with Crippen LogP contribution in [-0.2, 0) is 0 Å². The molecule has 1 aromatic carbocycles. The minimum Gasteiger partial charge on any atom is -0.271 e. The molecule has 2 nitrogen and oxygen atoms in total. The number of hydrogen-bond acceptors (Lipinski definition) is 3. The van der Waals surface area contributed by atoms with Crippen LogP contribution in [0.2, 0.25) is 0 Å². The third-order valence-corrected chi connectivity index (χ3v) is 2.30. The van der Waals surface area contributed by atoms with Crippen molar-refractivity contribution in [3.05, 3.63) is 54.7 Å². The van der Waals surface area contributed by atoms with Crippen LogP contribution in [0, 0.1) is 0 Å². The summed E-state index contributed by atoms with van der Waals surface area (Å²) in [6.45, 7) is 0. The SMILES string of the molecule is SN(c1ccccc1)c1ccccn1. The van der Waals surface area contributed by atoms with Crippen LogP contribution >= 0.6 is 12.8 Å². The summed E-state index contributed by atoms with van der Waals surface area (Å²) in [5, 5.41) is 0. The summed E-state index contributed by atoms with van der Waals surface area (Å²) in [7, 11) is 0. The molecule has 0 saturated carbocycles. The van der Waals surface area contributed by atoms with E-state index in [0.717, 1.165) is 11.5 Å². The number of aromatic nitrogens is 1. The van der Waals surface area contributed by atoms with E-state index in [9.17, 15) is 0 Å². The first kappa shape index (κ1) is 9.09. The summed E-state index contributed by atoms with van der Waals surface area (Å²) in [6, 6.07) is 15.6. The second-order valence-electron chi connectivity index (χ2n) is 2.84. The van der Waals surface area contributed by atoms with Crippen LogP contribution in [0.1, 0.15) is 0 Å². The van der Waals surface area contributed by atoms with Gasteiger partial charge < -0.3 is 0 Å². The number of hydrogen-bond donors (Lipinski definition) is 1. The smallest absolute Gasteiger partial charge is 0.142 e. The van der Waals surface area contributed by atoms with Gasteiger partial charge in [0, 0.05) is 6.20 Å². The Kier molecular flexibility index (Phi) is 2.70. The Morgan fingerprint density at radius 2 is 1.64 bits per heavy atom. The molecule has 14 heavy (non-hydrogen) atoms. The number of rotatable bonds is 2. The number of para-hydroxylation sites is 1. The van der Waals surface area contributed by atoms with Gasteiger partial charge >= 0.3 is 0 Å². The maximum Gasteiger partial charge on any atom is 0.142 e. The maximum absolute atomic E-state index is 4.38. The van der Waals surface area contributed by atoms with E-state index in [1.807, 2.05) is 48.5 Å². The lowest BCUT2D eigenvalue weighted by atomic mass is 10.3. The van der Waals surface area contributed by atoms with E-state index in [-0.39, 0.29) is 0 Å². The van der Waals surface area contributed by atoms with Gasteiger partial charge in [-0.05, 0) is 24.3 Å². The minimum atomic E-state index is 0.821. The average molecular weight is 202 g/mol. The zero-order chi connectivity index (χ0) is 9.80. The molecule has 1 heterocycles. The largest absolute Gasteiger partial charge is 0.271 e. The molecule has 2 rings (SSSR count). The summed E-state index contributed by atoms with van der Waals surface area (Å²) in [6.07, 6.45) is 1.75. The Morgan fingerprint density at radius 1 is 0.929 bits per heavy atom. The molecule has 1 aromatic heterocycles. The highest BCUT2D eigenvalue weighted by Gasteiger charge is 2.03. The van der Waals surface area contributed by atoms with Crippen molar-refractivity contribution in [3.8, 4) is 0 Å². The van der Waals surface area contributed by atoms with Gasteiger partial charge in [-0.3, -0.25) is 4.31 Å². The Balaban J connectivity index is 2.30. The molecule has 0 bridgehead atoms. The monoisotopic (exact) mass is 202 g/mol. The molecular weight excluding hydrogens is 192 g/mol. The van der Waals surface area contributed by atoms with Gasteiger partial charge in [-0.1, -0.05) is 37.1 Å². The van der Waals surface area contributed by atoms with Crippen LogP contribution in [0.15, 0.2) is 54.7 Å². The molecular formula is C11H10N2S. The quantitative estimate of drug-likeness (QED) is 0.753. The van der Waals surface area contributed by atoms with Gasteiger partial charge in [-0.2, -0.15) is 0 Å². The highest BCUT2D eigenvalue weighted by atomic mass is 32.1. The molecule has 0 fully saturated rings. The molecule has 0 aliphatic rings. The highest BCUT2D eigenvalue weighted by Crippen LogP contribution is 2.24. The maximum atomic E-state index is 4.38. The number of benzene rings is 1. The predicted octanol–water partition coefficient (Wildman–Crippen LogP) is 3.06. The molecule has 0 spiro atoms. The van der Waals surface area contributed by atoms with E-state index >= 15 is 0 Å². The van der Waals surface area contributed by atoms with Crippen LogP contribution in [0.5, 0.6) is 0 Å². The predicted molar refractivity (Wildman–Crippen MR) is 61.8 cm³/mol. The highest BCUT2D eigenvalue weighted by molar-refractivity contribution is 7.82. The van der Waals surface area contributed by atoms with Crippen molar-refractivity contribution in [3.63, 3.8) is 0 Å². The summed E-state index contributed by atoms with van der Waals surface area (Å²) in [5.41, 5.74) is 1.01. The normalized spacial score (nSPS) is 9.79. The molecule has 2 aromatic rings. The van der Waals surface area contributed by atoms with E-state index in [4.69, 9.17) is 0 Å². The van der Waals surface area contributed by atoms with Crippen LogP contribution in [0.3, 0.4) is 0 Å². The molecule has 0 saturated heterocycles. The van der Waals surface area contributed by atoms with Crippen LogP contribution in [-0.4, -0.2) is 4.98 Å². The van der Waals surface area contributed by atoms with Crippen molar-refractivity contribution in [1.82, 2.24) is 4.98 Å². The van der Waals surface area contributed by atoms with Crippen molar-refractivity contribution in [2.24, 2.45) is 0 Å².